The van der Waals surface area contributed by atoms with E-state index in [2.05, 4.69) is 15.4 Å². The minimum atomic E-state index is -0.374. The van der Waals surface area contributed by atoms with Gasteiger partial charge < -0.3 is 5.32 Å². The molecule has 2 aromatic carbocycles. The molecule has 146 valence electrons. The van der Waals surface area contributed by atoms with Gasteiger partial charge in [-0.1, -0.05) is 41.4 Å². The molecule has 0 aliphatic heterocycles. The molecule has 0 bridgehead atoms. The molecule has 2 aromatic heterocycles. The first-order valence-electron chi connectivity index (χ1n) is 8.62. The fourth-order valence-electron chi connectivity index (χ4n) is 2.90. The Morgan fingerprint density at radius 1 is 1.10 bits per heavy atom. The number of benzene rings is 2. The van der Waals surface area contributed by atoms with E-state index < -0.39 is 0 Å². The molecule has 0 saturated heterocycles. The Hall–Kier alpha value is -2.74. The molecule has 0 saturated carbocycles. The Bertz CT molecular complexity index is 1250. The number of carbonyl (C=O) groups is 1. The minimum Gasteiger partial charge on any atom is -0.300 e. The monoisotopic (exact) mass is 444 g/mol. The third-order valence-electron chi connectivity index (χ3n) is 4.16. The molecule has 0 aliphatic rings. The molecule has 4 rings (SSSR count). The Morgan fingerprint density at radius 3 is 2.66 bits per heavy atom. The van der Waals surface area contributed by atoms with E-state index >= 15 is 0 Å². The second kappa shape index (κ2) is 8.32. The fraction of sp³-hybridized carbons (Fsp3) is 0.100. The second-order valence-corrected chi connectivity index (χ2v) is 8.32. The zero-order chi connectivity index (χ0) is 20.4. The molecule has 1 N–H and O–H groups in total. The smallest absolute Gasteiger partial charge is 0.275 e. The van der Waals surface area contributed by atoms with Crippen molar-refractivity contribution >= 4 is 56.3 Å². The zero-order valence-corrected chi connectivity index (χ0v) is 17.3. The van der Waals surface area contributed by atoms with E-state index in [4.69, 9.17) is 23.2 Å². The average Bonchev–Trinajstić information content (AvgIpc) is 3.10. The van der Waals surface area contributed by atoms with Crippen LogP contribution in [0.15, 0.2) is 59.7 Å². The summed E-state index contributed by atoms with van der Waals surface area (Å²) in [6, 6.07) is 12.5. The number of carbonyl (C=O) groups excluding carboxylic acids is 1. The van der Waals surface area contributed by atoms with Crippen LogP contribution in [0.2, 0.25) is 10.0 Å². The number of nitrogens with one attached hydrogen (secondary N) is 1. The van der Waals surface area contributed by atoms with Gasteiger partial charge in [0.05, 0.1) is 11.6 Å². The maximum absolute atomic E-state index is 12.5. The topological polar surface area (TPSA) is 76.9 Å². The van der Waals surface area contributed by atoms with Crippen LogP contribution in [0.4, 0.5) is 5.13 Å². The summed E-state index contributed by atoms with van der Waals surface area (Å²) >= 11 is 13.4. The Balaban J connectivity index is 1.44. The lowest BCUT2D eigenvalue weighted by atomic mass is 10.1. The number of rotatable bonds is 5. The van der Waals surface area contributed by atoms with Crippen LogP contribution in [-0.2, 0) is 17.8 Å². The van der Waals surface area contributed by atoms with E-state index in [1.54, 1.807) is 36.7 Å². The van der Waals surface area contributed by atoms with Crippen molar-refractivity contribution in [1.29, 1.82) is 0 Å². The quantitative estimate of drug-likeness (QED) is 0.495. The Labute approximate surface area is 179 Å². The molecule has 1 amide bonds. The number of anilines is 1. The number of halogens is 2. The first-order valence-corrected chi connectivity index (χ1v) is 10.2. The predicted octanol–water partition coefficient (Wildman–Crippen LogP) is 4.39. The summed E-state index contributed by atoms with van der Waals surface area (Å²) in [5.74, 6) is -0.374. The molecule has 4 aromatic rings. The number of hydrogen-bond donors (Lipinski definition) is 1. The summed E-state index contributed by atoms with van der Waals surface area (Å²) in [7, 11) is 0. The molecule has 0 fully saturated rings. The van der Waals surface area contributed by atoms with Gasteiger partial charge in [-0.15, -0.1) is 11.3 Å². The molecule has 29 heavy (non-hydrogen) atoms. The summed E-state index contributed by atoms with van der Waals surface area (Å²) in [6.07, 6.45) is 3.86. The van der Waals surface area contributed by atoms with Gasteiger partial charge in [0.1, 0.15) is 6.54 Å². The lowest BCUT2D eigenvalue weighted by Gasteiger charge is -2.05. The minimum absolute atomic E-state index is 0.192. The largest absolute Gasteiger partial charge is 0.300 e. The fourth-order valence-corrected chi connectivity index (χ4v) is 4.33. The predicted molar refractivity (Wildman–Crippen MR) is 116 cm³/mol. The van der Waals surface area contributed by atoms with Gasteiger partial charge in [-0.05, 0) is 29.8 Å². The van der Waals surface area contributed by atoms with Gasteiger partial charge >= 0.3 is 0 Å². The molecule has 0 atom stereocenters. The number of aromatic nitrogens is 3. The molecule has 0 aliphatic carbocycles. The highest BCUT2D eigenvalue weighted by Crippen LogP contribution is 2.25. The van der Waals surface area contributed by atoms with Gasteiger partial charge in [0.2, 0.25) is 5.91 Å². The van der Waals surface area contributed by atoms with Gasteiger partial charge in [-0.25, -0.2) is 9.67 Å². The van der Waals surface area contributed by atoms with E-state index in [0.717, 1.165) is 20.5 Å². The van der Waals surface area contributed by atoms with Crippen LogP contribution in [0.5, 0.6) is 0 Å². The van der Waals surface area contributed by atoms with Crippen LogP contribution in [0.25, 0.3) is 10.8 Å². The van der Waals surface area contributed by atoms with Crippen molar-refractivity contribution in [1.82, 2.24) is 14.8 Å². The summed E-state index contributed by atoms with van der Waals surface area (Å²) in [6.45, 7) is -0.192. The van der Waals surface area contributed by atoms with E-state index in [1.165, 1.54) is 11.3 Å². The van der Waals surface area contributed by atoms with Gasteiger partial charge in [0.15, 0.2) is 5.13 Å². The van der Waals surface area contributed by atoms with Crippen molar-refractivity contribution in [2.24, 2.45) is 0 Å². The highest BCUT2D eigenvalue weighted by atomic mass is 35.5. The Morgan fingerprint density at radius 2 is 1.86 bits per heavy atom. The molecule has 0 radical (unpaired) electrons. The van der Waals surface area contributed by atoms with Crippen LogP contribution in [-0.4, -0.2) is 20.7 Å². The van der Waals surface area contributed by atoms with Crippen molar-refractivity contribution in [3.63, 3.8) is 0 Å². The van der Waals surface area contributed by atoms with Gasteiger partial charge in [0.25, 0.3) is 5.56 Å². The van der Waals surface area contributed by atoms with Crippen molar-refractivity contribution in [3.8, 4) is 0 Å². The molecular weight excluding hydrogens is 431 g/mol. The van der Waals surface area contributed by atoms with Gasteiger partial charge in [-0.3, -0.25) is 9.59 Å². The van der Waals surface area contributed by atoms with Crippen molar-refractivity contribution in [2.45, 2.75) is 13.0 Å². The third-order valence-corrected chi connectivity index (χ3v) is 5.51. The first kappa shape index (κ1) is 19.6. The highest BCUT2D eigenvalue weighted by molar-refractivity contribution is 7.15. The molecule has 6 nitrogen and oxygen atoms in total. The van der Waals surface area contributed by atoms with E-state index in [9.17, 15) is 9.59 Å². The van der Waals surface area contributed by atoms with Crippen LogP contribution in [0, 0.1) is 0 Å². The van der Waals surface area contributed by atoms with Gasteiger partial charge in [0, 0.05) is 32.9 Å². The van der Waals surface area contributed by atoms with E-state index in [0.29, 0.717) is 27.0 Å². The standard InChI is InChI=1S/C20H14Cl2N4O2S/c21-14-5-12(6-15(22)8-14)7-16-10-23-20(29-16)25-18(27)11-26-19(28)17-4-2-1-3-13(17)9-24-26/h1-6,8-10H,7,11H2,(H,23,25,27). The van der Waals surface area contributed by atoms with E-state index in [-0.39, 0.29) is 18.0 Å². The van der Waals surface area contributed by atoms with Gasteiger partial charge in [-0.2, -0.15) is 5.10 Å². The second-order valence-electron chi connectivity index (χ2n) is 6.33. The molecule has 9 heteroatoms. The number of hydrogen-bond acceptors (Lipinski definition) is 5. The number of amides is 1. The molecule has 0 spiro atoms. The molecular formula is C20H14Cl2N4O2S. The van der Waals surface area contributed by atoms with Crippen molar-refractivity contribution < 1.29 is 4.79 Å². The summed E-state index contributed by atoms with van der Waals surface area (Å²) in [4.78, 5) is 30.0. The van der Waals surface area contributed by atoms with E-state index in [1.807, 2.05) is 18.2 Å². The van der Waals surface area contributed by atoms with Crippen LogP contribution < -0.4 is 10.9 Å². The zero-order valence-electron chi connectivity index (χ0n) is 14.9. The number of nitrogens with zero attached hydrogens (tertiary/aromatic N) is 3. The third kappa shape index (κ3) is 4.64. The van der Waals surface area contributed by atoms with Crippen LogP contribution >= 0.6 is 34.5 Å². The normalized spacial score (nSPS) is 11.0. The summed E-state index contributed by atoms with van der Waals surface area (Å²) in [5.41, 5.74) is 0.645. The molecule has 2 heterocycles. The SMILES string of the molecule is O=C(Cn1ncc2ccccc2c1=O)Nc1ncc(Cc2cc(Cl)cc(Cl)c2)s1. The number of fused-ring (bicyclic) bond motifs is 1. The molecule has 0 unspecified atom stereocenters. The summed E-state index contributed by atoms with van der Waals surface area (Å²) < 4.78 is 1.14. The first-order chi connectivity index (χ1) is 14.0. The highest BCUT2D eigenvalue weighted by Gasteiger charge is 2.11. The summed E-state index contributed by atoms with van der Waals surface area (Å²) in [5, 5.41) is 9.62. The van der Waals surface area contributed by atoms with Crippen molar-refractivity contribution in [2.75, 3.05) is 5.32 Å². The lowest BCUT2D eigenvalue weighted by molar-refractivity contribution is -0.117. The number of thiazole rings is 1. The lowest BCUT2D eigenvalue weighted by Crippen LogP contribution is -2.29. The maximum atomic E-state index is 12.5. The maximum Gasteiger partial charge on any atom is 0.275 e. The average molecular weight is 445 g/mol. The van der Waals surface area contributed by atoms with Crippen LogP contribution in [0.1, 0.15) is 10.4 Å². The van der Waals surface area contributed by atoms with Crippen molar-refractivity contribution in [3.05, 3.63) is 85.7 Å². The Kier molecular flexibility index (Phi) is 5.62. The van der Waals surface area contributed by atoms with Crippen LogP contribution in [0.3, 0.4) is 0 Å².